The number of fused-ring (bicyclic) bond motifs is 1. The van der Waals surface area contributed by atoms with Gasteiger partial charge in [0.1, 0.15) is 0 Å². The molecule has 3 heterocycles. The molecule has 3 rings (SSSR count). The van der Waals surface area contributed by atoms with Crippen LogP contribution >= 0.6 is 0 Å². The molecular weight excluding hydrogens is 320 g/mol. The van der Waals surface area contributed by atoms with Gasteiger partial charge in [0.15, 0.2) is 0 Å². The van der Waals surface area contributed by atoms with E-state index in [0.717, 1.165) is 12.1 Å². The van der Waals surface area contributed by atoms with Gasteiger partial charge >= 0.3 is 0 Å². The molecule has 0 unspecified atom stereocenters. The third-order valence-electron chi connectivity index (χ3n) is 4.94. The van der Waals surface area contributed by atoms with Gasteiger partial charge in [0, 0.05) is 32.3 Å². The first-order valence-corrected chi connectivity index (χ1v) is 9.20. The Hall–Kier alpha value is -1.89. The average Bonchev–Trinajstić information content (AvgIpc) is 3.09. The van der Waals surface area contributed by atoms with Crippen LogP contribution in [0, 0.1) is 5.92 Å². The molecule has 1 aromatic heterocycles. The highest BCUT2D eigenvalue weighted by Crippen LogP contribution is 2.25. The number of hydrogen-bond acceptors (Lipinski definition) is 4. The van der Waals surface area contributed by atoms with Crippen LogP contribution in [0.15, 0.2) is 12.3 Å². The van der Waals surface area contributed by atoms with Crippen molar-refractivity contribution in [2.45, 2.75) is 45.7 Å². The molecule has 1 aromatic rings. The first kappa shape index (κ1) is 17.9. The second kappa shape index (κ2) is 7.99. The Bertz CT molecular complexity index is 607. The number of carbonyl (C=O) groups excluding carboxylic acids is 2. The number of rotatable bonds is 5. The van der Waals surface area contributed by atoms with Crippen LogP contribution in [0.25, 0.3) is 0 Å². The van der Waals surface area contributed by atoms with Gasteiger partial charge in [-0.1, -0.05) is 13.8 Å². The third-order valence-corrected chi connectivity index (χ3v) is 4.94. The monoisotopic (exact) mass is 348 g/mol. The summed E-state index contributed by atoms with van der Waals surface area (Å²) in [5.74, 6) is 0.800. The molecule has 2 aliphatic heterocycles. The maximum Gasteiger partial charge on any atom is 0.224 e. The molecule has 7 nitrogen and oxygen atoms in total. The lowest BCUT2D eigenvalue weighted by atomic mass is 10.1. The third kappa shape index (κ3) is 4.39. The van der Waals surface area contributed by atoms with Gasteiger partial charge in [-0.25, -0.2) is 0 Å². The molecule has 25 heavy (non-hydrogen) atoms. The van der Waals surface area contributed by atoms with E-state index in [1.54, 1.807) is 6.20 Å². The van der Waals surface area contributed by atoms with Gasteiger partial charge in [0.05, 0.1) is 37.9 Å². The molecule has 1 fully saturated rings. The molecule has 138 valence electrons. The topological polar surface area (TPSA) is 67.7 Å². The smallest absolute Gasteiger partial charge is 0.224 e. The Balaban J connectivity index is 1.66. The van der Waals surface area contributed by atoms with Crippen LogP contribution in [0.3, 0.4) is 0 Å². The molecule has 0 radical (unpaired) electrons. The van der Waals surface area contributed by atoms with E-state index in [-0.39, 0.29) is 17.9 Å². The first-order chi connectivity index (χ1) is 12.0. The molecule has 0 aliphatic carbocycles. The maximum absolute atomic E-state index is 12.6. The lowest BCUT2D eigenvalue weighted by Crippen LogP contribution is -2.45. The minimum atomic E-state index is -0.0860. The molecular formula is C18H28N4O3. The zero-order valence-electron chi connectivity index (χ0n) is 15.2. The average molecular weight is 348 g/mol. The number of amides is 2. The van der Waals surface area contributed by atoms with Crippen LogP contribution in [0.1, 0.15) is 44.8 Å². The van der Waals surface area contributed by atoms with Crippen molar-refractivity contribution in [2.24, 2.45) is 5.92 Å². The van der Waals surface area contributed by atoms with Crippen LogP contribution in [-0.2, 0) is 20.9 Å². The molecule has 2 amide bonds. The van der Waals surface area contributed by atoms with Gasteiger partial charge in [-0.3, -0.25) is 14.3 Å². The lowest BCUT2D eigenvalue weighted by molar-refractivity contribution is -0.139. The number of nitrogens with zero attached hydrogens (tertiary/aromatic N) is 4. The molecule has 1 saturated heterocycles. The highest BCUT2D eigenvalue weighted by Gasteiger charge is 2.31. The second-order valence-electron chi connectivity index (χ2n) is 7.33. The normalized spacial score (nSPS) is 20.7. The van der Waals surface area contributed by atoms with E-state index < -0.39 is 0 Å². The van der Waals surface area contributed by atoms with E-state index in [0.29, 0.717) is 58.2 Å². The predicted octanol–water partition coefficient (Wildman–Crippen LogP) is 1.45. The van der Waals surface area contributed by atoms with Crippen LogP contribution in [-0.4, -0.2) is 64.2 Å². The standard InChI is InChI=1S/C18H28N4O3/c1-14(2)3-4-17(23)21-12-15-5-6-19-22(15)16(13-21)11-18(24)20-7-9-25-10-8-20/h5-6,14,16H,3-4,7-13H2,1-2H3/t16-/m0/s1. The van der Waals surface area contributed by atoms with Crippen LogP contribution in [0.2, 0.25) is 0 Å². The van der Waals surface area contributed by atoms with Gasteiger partial charge in [-0.15, -0.1) is 0 Å². The second-order valence-corrected chi connectivity index (χ2v) is 7.33. The molecule has 0 spiro atoms. The van der Waals surface area contributed by atoms with E-state index in [1.165, 1.54) is 0 Å². The van der Waals surface area contributed by atoms with Crippen molar-refractivity contribution in [3.05, 3.63) is 18.0 Å². The minimum absolute atomic E-state index is 0.0860. The van der Waals surface area contributed by atoms with Crippen LogP contribution < -0.4 is 0 Å². The van der Waals surface area contributed by atoms with E-state index in [1.807, 2.05) is 20.5 Å². The highest BCUT2D eigenvalue weighted by molar-refractivity contribution is 5.78. The largest absolute Gasteiger partial charge is 0.378 e. The zero-order valence-corrected chi connectivity index (χ0v) is 15.2. The summed E-state index contributed by atoms with van der Waals surface area (Å²) in [6.07, 6.45) is 3.59. The van der Waals surface area contributed by atoms with Crippen molar-refractivity contribution in [1.82, 2.24) is 19.6 Å². The van der Waals surface area contributed by atoms with E-state index in [4.69, 9.17) is 4.74 Å². The minimum Gasteiger partial charge on any atom is -0.378 e. The van der Waals surface area contributed by atoms with Gasteiger partial charge in [-0.05, 0) is 18.4 Å². The van der Waals surface area contributed by atoms with Crippen LogP contribution in [0.4, 0.5) is 0 Å². The molecule has 7 heteroatoms. The Morgan fingerprint density at radius 3 is 2.72 bits per heavy atom. The summed E-state index contributed by atoms with van der Waals surface area (Å²) in [5, 5.41) is 4.39. The van der Waals surface area contributed by atoms with Crippen molar-refractivity contribution in [3.8, 4) is 0 Å². The zero-order chi connectivity index (χ0) is 17.8. The SMILES string of the molecule is CC(C)CCC(=O)N1Cc2ccnn2[C@@H](CC(=O)N2CCOCC2)C1. The number of hydrogen-bond donors (Lipinski definition) is 0. The first-order valence-electron chi connectivity index (χ1n) is 9.20. The van der Waals surface area contributed by atoms with E-state index >= 15 is 0 Å². The van der Waals surface area contributed by atoms with Gasteiger partial charge in [0.2, 0.25) is 11.8 Å². The lowest BCUT2D eigenvalue weighted by Gasteiger charge is -2.35. The predicted molar refractivity (Wildman–Crippen MR) is 92.8 cm³/mol. The Labute approximate surface area is 148 Å². The molecule has 0 aromatic carbocycles. The Morgan fingerprint density at radius 1 is 1.24 bits per heavy atom. The Kier molecular flexibility index (Phi) is 5.73. The maximum atomic E-state index is 12.6. The number of aromatic nitrogens is 2. The number of carbonyl (C=O) groups is 2. The fourth-order valence-electron chi connectivity index (χ4n) is 3.44. The summed E-state index contributed by atoms with van der Waals surface area (Å²) < 4.78 is 7.24. The van der Waals surface area contributed by atoms with Crippen molar-refractivity contribution >= 4 is 11.8 Å². The summed E-state index contributed by atoms with van der Waals surface area (Å²) in [5.41, 5.74) is 1.00. The van der Waals surface area contributed by atoms with E-state index in [2.05, 4.69) is 18.9 Å². The van der Waals surface area contributed by atoms with Crippen molar-refractivity contribution in [3.63, 3.8) is 0 Å². The van der Waals surface area contributed by atoms with Crippen molar-refractivity contribution in [2.75, 3.05) is 32.8 Å². The Morgan fingerprint density at radius 2 is 2.00 bits per heavy atom. The summed E-state index contributed by atoms with van der Waals surface area (Å²) in [6.45, 7) is 7.89. The van der Waals surface area contributed by atoms with Crippen molar-refractivity contribution < 1.29 is 14.3 Å². The van der Waals surface area contributed by atoms with Crippen molar-refractivity contribution in [1.29, 1.82) is 0 Å². The summed E-state index contributed by atoms with van der Waals surface area (Å²) in [7, 11) is 0. The summed E-state index contributed by atoms with van der Waals surface area (Å²) in [6, 6.07) is 1.85. The van der Waals surface area contributed by atoms with Crippen LogP contribution in [0.5, 0.6) is 0 Å². The number of morpholine rings is 1. The van der Waals surface area contributed by atoms with Gasteiger partial charge in [0.25, 0.3) is 0 Å². The summed E-state index contributed by atoms with van der Waals surface area (Å²) >= 11 is 0. The van der Waals surface area contributed by atoms with E-state index in [9.17, 15) is 9.59 Å². The molecule has 2 aliphatic rings. The fourth-order valence-corrected chi connectivity index (χ4v) is 3.44. The quantitative estimate of drug-likeness (QED) is 0.808. The number of ether oxygens (including phenoxy) is 1. The van der Waals surface area contributed by atoms with Gasteiger partial charge < -0.3 is 14.5 Å². The molecule has 0 bridgehead atoms. The molecule has 1 atom stereocenters. The van der Waals surface area contributed by atoms with Gasteiger partial charge in [-0.2, -0.15) is 5.10 Å². The molecule has 0 saturated carbocycles. The molecule has 0 N–H and O–H groups in total. The summed E-state index contributed by atoms with van der Waals surface area (Å²) in [4.78, 5) is 28.9. The fraction of sp³-hybridized carbons (Fsp3) is 0.722. The highest BCUT2D eigenvalue weighted by atomic mass is 16.5.